The number of nitrogens with one attached hydrogen (secondary N) is 8. The van der Waals surface area contributed by atoms with Crippen LogP contribution in [-0.2, 0) is 14.4 Å². The van der Waals surface area contributed by atoms with E-state index in [9.17, 15) is 33.6 Å². The normalized spacial score (nSPS) is 19.9. The van der Waals surface area contributed by atoms with Gasteiger partial charge in [-0.15, -0.1) is 0 Å². The number of hydrogen-bond acceptors (Lipinski definition) is 12. The third kappa shape index (κ3) is 28.7. The number of nitrogens with zero attached hydrogens (tertiary/aromatic N) is 5. The van der Waals surface area contributed by atoms with E-state index in [1.54, 1.807) is 6.07 Å². The number of halogens is 2. The van der Waals surface area contributed by atoms with Crippen LogP contribution in [0.2, 0.25) is 10.0 Å². The monoisotopic (exact) mass is 1750 g/mol. The number of fused-ring (bicyclic) bond motifs is 2. The molecule has 0 spiro atoms. The maximum absolute atomic E-state index is 14.0. The maximum Gasteiger partial charge on any atom is 0.314 e. The van der Waals surface area contributed by atoms with Crippen molar-refractivity contribution < 1.29 is 33.6 Å². The molecule has 20 nitrogen and oxygen atoms in total. The number of piperidine rings is 1. The van der Waals surface area contributed by atoms with Gasteiger partial charge in [0.1, 0.15) is 0 Å². The zero-order valence-electron chi connectivity index (χ0n) is 74.5. The Bertz CT molecular complexity index is 4920. The summed E-state index contributed by atoms with van der Waals surface area (Å²) in [4.78, 5) is 104. The summed E-state index contributed by atoms with van der Waals surface area (Å²) >= 11 is 12.2. The van der Waals surface area contributed by atoms with Crippen LogP contribution in [0, 0.1) is 0 Å². The van der Waals surface area contributed by atoms with Gasteiger partial charge in [-0.25, -0.2) is 4.79 Å². The largest absolute Gasteiger partial charge is 0.350 e. The maximum atomic E-state index is 14.0. The van der Waals surface area contributed by atoms with E-state index in [-0.39, 0.29) is 83.6 Å². The van der Waals surface area contributed by atoms with Crippen LogP contribution in [0.5, 0.6) is 0 Å². The first-order valence-electron chi connectivity index (χ1n) is 46.5. The highest BCUT2D eigenvalue weighted by molar-refractivity contribution is 6.31. The van der Waals surface area contributed by atoms with Gasteiger partial charge >= 0.3 is 6.03 Å². The van der Waals surface area contributed by atoms with Crippen molar-refractivity contribution in [1.82, 2.24) is 67.0 Å². The average molecular weight is 1750 g/mol. The molecule has 5 fully saturated rings. The van der Waals surface area contributed by atoms with E-state index in [2.05, 4.69) is 156 Å². The van der Waals surface area contributed by atoms with Gasteiger partial charge in [0.15, 0.2) is 0 Å². The molecule has 9 aromatic carbocycles. The van der Waals surface area contributed by atoms with Gasteiger partial charge in [0.2, 0.25) is 17.7 Å². The molecule has 0 bridgehead atoms. The summed E-state index contributed by atoms with van der Waals surface area (Å²) in [6.45, 7) is 22.5. The smallest absolute Gasteiger partial charge is 0.314 e. The fourth-order valence-corrected chi connectivity index (χ4v) is 18.6. The minimum absolute atomic E-state index is 0.0214. The summed E-state index contributed by atoms with van der Waals surface area (Å²) in [6.07, 6.45) is 16.1. The molecule has 8 amide bonds. The van der Waals surface area contributed by atoms with Crippen LogP contribution >= 0.6 is 23.2 Å². The lowest BCUT2D eigenvalue weighted by Gasteiger charge is -2.31. The van der Waals surface area contributed by atoms with Gasteiger partial charge in [-0.1, -0.05) is 221 Å². The molecule has 5 saturated heterocycles. The van der Waals surface area contributed by atoms with Crippen LogP contribution in [0.25, 0.3) is 32.7 Å². The van der Waals surface area contributed by atoms with E-state index in [1.807, 2.05) is 158 Å². The van der Waals surface area contributed by atoms with E-state index in [0.29, 0.717) is 104 Å². The van der Waals surface area contributed by atoms with Crippen molar-refractivity contribution in [2.24, 2.45) is 0 Å². The first-order chi connectivity index (χ1) is 61.3. The highest BCUT2D eigenvalue weighted by Gasteiger charge is 2.37. The van der Waals surface area contributed by atoms with E-state index < -0.39 is 6.04 Å². The molecular formula is C104H133Cl2N13O7. The van der Waals surface area contributed by atoms with Crippen LogP contribution in [-0.4, -0.2) is 213 Å². The lowest BCUT2D eigenvalue weighted by atomic mass is 9.95. The first kappa shape index (κ1) is 95.1. The second-order valence-electron chi connectivity index (χ2n) is 35.1. The van der Waals surface area contributed by atoms with Gasteiger partial charge in [-0.05, 0) is 234 Å². The van der Waals surface area contributed by atoms with Gasteiger partial charge in [0.05, 0.1) is 18.1 Å². The summed E-state index contributed by atoms with van der Waals surface area (Å²) in [7, 11) is 0. The second kappa shape index (κ2) is 49.3. The second-order valence-corrected chi connectivity index (χ2v) is 36.0. The van der Waals surface area contributed by atoms with Crippen LogP contribution in [0.4, 0.5) is 4.79 Å². The minimum atomic E-state index is -0.479. The van der Waals surface area contributed by atoms with Gasteiger partial charge in [0.25, 0.3) is 17.7 Å². The van der Waals surface area contributed by atoms with Gasteiger partial charge in [0, 0.05) is 147 Å². The Morgan fingerprint density at radius 3 is 1.07 bits per heavy atom. The van der Waals surface area contributed by atoms with E-state index in [1.165, 1.54) is 61.6 Å². The number of urea groups is 1. The average Bonchev–Trinajstić information content (AvgIpc) is 1.28. The summed E-state index contributed by atoms with van der Waals surface area (Å²) in [5, 5.41) is 31.1. The van der Waals surface area contributed by atoms with Crippen molar-refractivity contribution in [2.45, 2.75) is 197 Å². The topological polar surface area (TPSA) is 232 Å². The lowest BCUT2D eigenvalue weighted by Crippen LogP contribution is -2.50. The molecule has 5 heterocycles. The lowest BCUT2D eigenvalue weighted by molar-refractivity contribution is -0.134. The molecule has 14 rings (SSSR count). The zero-order chi connectivity index (χ0) is 88.5. The van der Waals surface area contributed by atoms with Crippen LogP contribution < -0.4 is 42.5 Å². The van der Waals surface area contributed by atoms with Crippen molar-refractivity contribution in [3.05, 3.63) is 262 Å². The molecule has 8 N–H and O–H groups in total. The highest BCUT2D eigenvalue weighted by Crippen LogP contribution is 2.30. The summed E-state index contributed by atoms with van der Waals surface area (Å²) in [5.74, 6) is 0.921. The Morgan fingerprint density at radius 2 is 0.698 bits per heavy atom. The molecule has 0 saturated carbocycles. The fourth-order valence-electron chi connectivity index (χ4n) is 18.2. The van der Waals surface area contributed by atoms with Crippen molar-refractivity contribution in [3.8, 4) is 11.1 Å². The summed E-state index contributed by atoms with van der Waals surface area (Å²) < 4.78 is 0. The van der Waals surface area contributed by atoms with Crippen molar-refractivity contribution in [3.63, 3.8) is 0 Å². The molecule has 126 heavy (non-hydrogen) atoms. The van der Waals surface area contributed by atoms with Crippen molar-refractivity contribution in [1.29, 1.82) is 0 Å². The third-order valence-corrected chi connectivity index (χ3v) is 26.1. The van der Waals surface area contributed by atoms with Gasteiger partial charge in [-0.2, -0.15) is 0 Å². The third-order valence-electron chi connectivity index (χ3n) is 25.7. The summed E-state index contributed by atoms with van der Waals surface area (Å²) in [6, 6.07) is 70.6. The quantitative estimate of drug-likeness (QED) is 0.0197. The van der Waals surface area contributed by atoms with Crippen LogP contribution in [0.3, 0.4) is 0 Å². The Balaban J connectivity index is 0.000000172. The molecule has 9 aromatic rings. The van der Waals surface area contributed by atoms with E-state index in [4.69, 9.17) is 23.2 Å². The standard InChI is InChI=1S/C36H46N4O2.C35H45ClN4O2.C33H42ClN5O3/c1-2-28(29-12-6-3-7-13-29)27-40-25-20-33(38-34(36(40)42)21-24-39-22-10-5-11-23-39)26-37-35(41)32-18-16-31(17-19-32)30-14-8-4-9-15-30;1-2-26(27-10-6-5-7-11-27)25-40-21-16-32(38-33(35(40)42)17-20-39-18-8-3-4-9-19-39)24-37-34(41)30-13-12-29-23-31(36)15-14-28(29)22-30;1-4-23(24-8-6-5-7-9-24)21-39-17-15-29(38-30(32(39)41)14-16-35-33(42)37-22(2)3)20-36-31(40)27-11-10-26-19-28(34)13-12-25(26)18-27/h3-4,6-9,12-19,28,33-34,38H,2,5,10-11,20-27H2,1H3,(H,37,41);5-7,10-15,22-23,26,32-33,38H,2-4,8-9,16-21,24-25H2,1H3,(H,37,41);5-13,18-19,22-23,29-30,38H,4,14-17,20-21H2,1-3H3,(H,36,40)(H2,35,37,42)/t28-,33+,34+;26-,32+,33+;23-,29+,30+/m111/s1. The molecule has 0 aromatic heterocycles. The summed E-state index contributed by atoms with van der Waals surface area (Å²) in [5.41, 5.74) is 7.86. The molecule has 0 unspecified atom stereocenters. The number of rotatable bonds is 32. The minimum Gasteiger partial charge on any atom is -0.350 e. The molecular weight excluding hydrogens is 1610 g/mol. The van der Waals surface area contributed by atoms with Gasteiger partial charge < -0.3 is 67.0 Å². The molecule has 5 aliphatic rings. The van der Waals surface area contributed by atoms with Crippen LogP contribution in [0.1, 0.15) is 203 Å². The number of hydrogen-bond donors (Lipinski definition) is 8. The number of amides is 8. The van der Waals surface area contributed by atoms with Crippen molar-refractivity contribution >= 4 is 86.2 Å². The predicted octanol–water partition coefficient (Wildman–Crippen LogP) is 17.0. The number of carbonyl (C=O) groups excluding carboxylic acids is 7. The number of carbonyl (C=O) groups is 7. The molecule has 670 valence electrons. The Kier molecular flexibility index (Phi) is 37.2. The van der Waals surface area contributed by atoms with E-state index >= 15 is 0 Å². The Hall–Kier alpha value is -10.0. The first-order valence-corrected chi connectivity index (χ1v) is 47.3. The zero-order valence-corrected chi connectivity index (χ0v) is 76.0. The van der Waals surface area contributed by atoms with E-state index in [0.717, 1.165) is 130 Å². The van der Waals surface area contributed by atoms with Gasteiger partial charge in [-0.3, -0.25) is 28.8 Å². The molecule has 5 aliphatic heterocycles. The number of benzene rings is 9. The molecule has 22 heteroatoms. The molecule has 0 aliphatic carbocycles. The predicted molar refractivity (Wildman–Crippen MR) is 512 cm³/mol. The highest BCUT2D eigenvalue weighted by atomic mass is 35.5. The Morgan fingerprint density at radius 1 is 0.373 bits per heavy atom. The number of likely N-dealkylation sites (tertiary alicyclic amines) is 2. The van der Waals surface area contributed by atoms with Crippen LogP contribution in [0.15, 0.2) is 218 Å². The SMILES string of the molecule is CC[C@H](CN1CC[C@@H](CNC(=O)c2ccc(-c3ccccc3)cc2)N[C@@H](CCN2CCCCC2)C1=O)c1ccccc1.CC[C@H](CN1CC[C@@H](CNC(=O)c2ccc3cc(Cl)ccc3c2)N[C@@H](CCN2CCCCCC2)C1=O)c1ccccc1.CC[C@H](CN1CC[C@@H](CNC(=O)c2ccc3cc(Cl)ccc3c2)N[C@@H](CCNC(=O)NC(C)C)C1=O)c1ccccc1. The van der Waals surface area contributed by atoms with Crippen molar-refractivity contribution in [2.75, 3.05) is 105 Å². The fraction of sp³-hybridized carbons (Fsp3) is 0.452. The Labute approximate surface area is 757 Å². The molecule has 9 atom stereocenters. The molecule has 0 radical (unpaired) electrons.